The summed E-state index contributed by atoms with van der Waals surface area (Å²) in [5.41, 5.74) is 1.75. The Morgan fingerprint density at radius 3 is 2.48 bits per heavy atom. The van der Waals surface area contributed by atoms with Crippen molar-refractivity contribution < 1.29 is 23.9 Å². The Bertz CT molecular complexity index is 957. The van der Waals surface area contributed by atoms with Crippen LogP contribution in [0.2, 0.25) is 0 Å². The van der Waals surface area contributed by atoms with Crippen LogP contribution in [0.3, 0.4) is 0 Å². The van der Waals surface area contributed by atoms with Crippen molar-refractivity contribution in [3.8, 4) is 11.5 Å². The third-order valence-electron chi connectivity index (χ3n) is 5.01. The van der Waals surface area contributed by atoms with E-state index in [-0.39, 0.29) is 11.3 Å². The van der Waals surface area contributed by atoms with Crippen molar-refractivity contribution in [1.29, 1.82) is 0 Å². The van der Waals surface area contributed by atoms with E-state index in [9.17, 15) is 14.9 Å². The van der Waals surface area contributed by atoms with Crippen LogP contribution >= 0.6 is 0 Å². The summed E-state index contributed by atoms with van der Waals surface area (Å²) in [5.74, 6) is 0.673. The highest BCUT2D eigenvalue weighted by molar-refractivity contribution is 6.07. The average molecular weight is 429 g/mol. The number of benzene rings is 2. The molecule has 0 aliphatic carbocycles. The molecule has 1 aliphatic heterocycles. The van der Waals surface area contributed by atoms with E-state index in [0.29, 0.717) is 49.2 Å². The molecule has 3 rings (SSSR count). The molecule has 1 fully saturated rings. The van der Waals surface area contributed by atoms with Crippen molar-refractivity contribution in [1.82, 2.24) is 0 Å². The van der Waals surface area contributed by atoms with Gasteiger partial charge in [0, 0.05) is 42.4 Å². The van der Waals surface area contributed by atoms with Gasteiger partial charge in [-0.15, -0.1) is 0 Å². The van der Waals surface area contributed by atoms with Crippen LogP contribution < -0.4 is 19.7 Å². The van der Waals surface area contributed by atoms with E-state index < -0.39 is 10.8 Å². The first kappa shape index (κ1) is 22.4. The molecule has 166 valence electrons. The fourth-order valence-corrected chi connectivity index (χ4v) is 3.50. The highest BCUT2D eigenvalue weighted by Crippen LogP contribution is 2.39. The first-order chi connectivity index (χ1) is 15.0. The zero-order chi connectivity index (χ0) is 22.4. The van der Waals surface area contributed by atoms with Crippen molar-refractivity contribution in [3.63, 3.8) is 0 Å². The second-order valence-electron chi connectivity index (χ2n) is 6.94. The van der Waals surface area contributed by atoms with Crippen molar-refractivity contribution in [2.45, 2.75) is 20.8 Å². The van der Waals surface area contributed by atoms with Crippen molar-refractivity contribution in [3.05, 3.63) is 51.6 Å². The van der Waals surface area contributed by atoms with Gasteiger partial charge in [-0.05, 0) is 26.8 Å². The Morgan fingerprint density at radius 2 is 1.84 bits per heavy atom. The maximum absolute atomic E-state index is 13.0. The van der Waals surface area contributed by atoms with Gasteiger partial charge in [-0.1, -0.05) is 6.07 Å². The molecule has 0 spiro atoms. The number of ether oxygens (including phenoxy) is 3. The van der Waals surface area contributed by atoms with E-state index in [0.717, 1.165) is 18.8 Å². The van der Waals surface area contributed by atoms with Crippen LogP contribution in [-0.2, 0) is 4.74 Å². The molecule has 1 saturated heterocycles. The summed E-state index contributed by atoms with van der Waals surface area (Å²) in [5, 5.41) is 14.1. The summed E-state index contributed by atoms with van der Waals surface area (Å²) >= 11 is 0. The Hall–Kier alpha value is -3.33. The Balaban J connectivity index is 1.98. The molecule has 2 aromatic carbocycles. The lowest BCUT2D eigenvalue weighted by Gasteiger charge is -2.31. The van der Waals surface area contributed by atoms with Crippen LogP contribution in [0.1, 0.15) is 29.8 Å². The van der Waals surface area contributed by atoms with Gasteiger partial charge in [-0.3, -0.25) is 14.9 Å². The molecule has 9 heteroatoms. The van der Waals surface area contributed by atoms with Gasteiger partial charge < -0.3 is 24.4 Å². The second kappa shape index (κ2) is 10.1. The highest BCUT2D eigenvalue weighted by atomic mass is 16.6. The first-order valence-corrected chi connectivity index (χ1v) is 10.3. The van der Waals surface area contributed by atoms with Gasteiger partial charge in [0.1, 0.15) is 11.5 Å². The summed E-state index contributed by atoms with van der Waals surface area (Å²) < 4.78 is 17.1. The maximum Gasteiger partial charge on any atom is 0.273 e. The van der Waals surface area contributed by atoms with Crippen molar-refractivity contribution >= 4 is 23.0 Å². The van der Waals surface area contributed by atoms with E-state index in [4.69, 9.17) is 14.2 Å². The molecule has 1 amide bonds. The minimum absolute atomic E-state index is 0.102. The number of amides is 1. The number of hydrogen-bond acceptors (Lipinski definition) is 7. The predicted octanol–water partition coefficient (Wildman–Crippen LogP) is 3.79. The standard InChI is InChI=1S/C22H27N3O6/c1-4-30-20-14-19(24-9-11-29-12-10-24)21(31-5-2)13-17(20)23-22(26)16-7-6-8-18(15(16)3)25(27)28/h6-8,13-14H,4-5,9-12H2,1-3H3,(H,23,26). The summed E-state index contributed by atoms with van der Waals surface area (Å²) in [6, 6.07) is 8.03. The fourth-order valence-electron chi connectivity index (χ4n) is 3.50. The molecule has 9 nitrogen and oxygen atoms in total. The van der Waals surface area contributed by atoms with Crippen LogP contribution in [0.4, 0.5) is 17.1 Å². The lowest BCUT2D eigenvalue weighted by Crippen LogP contribution is -2.36. The van der Waals surface area contributed by atoms with E-state index in [2.05, 4.69) is 10.2 Å². The molecule has 0 saturated carbocycles. The van der Waals surface area contributed by atoms with E-state index in [1.165, 1.54) is 12.1 Å². The molecule has 0 unspecified atom stereocenters. The largest absolute Gasteiger partial charge is 0.492 e. The lowest BCUT2D eigenvalue weighted by atomic mass is 10.1. The van der Waals surface area contributed by atoms with E-state index >= 15 is 0 Å². The number of carbonyl (C=O) groups excluding carboxylic acids is 1. The third-order valence-corrected chi connectivity index (χ3v) is 5.01. The van der Waals surface area contributed by atoms with Gasteiger partial charge in [0.15, 0.2) is 0 Å². The maximum atomic E-state index is 13.0. The molecule has 2 aromatic rings. The molecule has 1 heterocycles. The Morgan fingerprint density at radius 1 is 1.16 bits per heavy atom. The van der Waals surface area contributed by atoms with Gasteiger partial charge >= 0.3 is 0 Å². The number of anilines is 2. The Labute approximate surface area is 181 Å². The average Bonchev–Trinajstić information content (AvgIpc) is 2.76. The number of rotatable bonds is 8. The van der Waals surface area contributed by atoms with Crippen LogP contribution in [0.5, 0.6) is 11.5 Å². The van der Waals surface area contributed by atoms with Gasteiger partial charge in [0.2, 0.25) is 0 Å². The van der Waals surface area contributed by atoms with Crippen molar-refractivity contribution in [2.75, 3.05) is 49.7 Å². The van der Waals surface area contributed by atoms with Crippen molar-refractivity contribution in [2.24, 2.45) is 0 Å². The fraction of sp³-hybridized carbons (Fsp3) is 0.409. The van der Waals surface area contributed by atoms with Gasteiger partial charge in [0.25, 0.3) is 11.6 Å². The Kier molecular flexibility index (Phi) is 7.30. The highest BCUT2D eigenvalue weighted by Gasteiger charge is 2.22. The van der Waals surface area contributed by atoms with Crippen LogP contribution in [0, 0.1) is 17.0 Å². The number of hydrogen-bond donors (Lipinski definition) is 1. The SMILES string of the molecule is CCOc1cc(N2CCOCC2)c(OCC)cc1NC(=O)c1cccc([N+](=O)[O-])c1C. The second-order valence-corrected chi connectivity index (χ2v) is 6.94. The molecule has 0 bridgehead atoms. The molecule has 0 atom stereocenters. The van der Waals surface area contributed by atoms with E-state index in [1.807, 2.05) is 19.9 Å². The number of nitro groups is 1. The van der Waals surface area contributed by atoms with E-state index in [1.54, 1.807) is 19.1 Å². The predicted molar refractivity (Wildman–Crippen MR) is 118 cm³/mol. The summed E-state index contributed by atoms with van der Waals surface area (Å²) in [6.45, 7) is 8.89. The normalized spacial score (nSPS) is 13.6. The molecule has 1 aliphatic rings. The lowest BCUT2D eigenvalue weighted by molar-refractivity contribution is -0.385. The zero-order valence-corrected chi connectivity index (χ0v) is 18.0. The molecule has 0 aromatic heterocycles. The van der Waals surface area contributed by atoms with Crippen LogP contribution in [0.15, 0.2) is 30.3 Å². The van der Waals surface area contributed by atoms with Crippen LogP contribution in [0.25, 0.3) is 0 Å². The molecule has 31 heavy (non-hydrogen) atoms. The summed E-state index contributed by atoms with van der Waals surface area (Å²) in [6.07, 6.45) is 0. The first-order valence-electron chi connectivity index (χ1n) is 10.3. The zero-order valence-electron chi connectivity index (χ0n) is 18.0. The molecular weight excluding hydrogens is 402 g/mol. The van der Waals surface area contributed by atoms with Crippen LogP contribution in [-0.4, -0.2) is 50.3 Å². The minimum atomic E-state index is -0.498. The molecular formula is C22H27N3O6. The number of nitrogens with zero attached hydrogens (tertiary/aromatic N) is 2. The molecule has 0 radical (unpaired) electrons. The summed E-state index contributed by atoms with van der Waals surface area (Å²) in [7, 11) is 0. The smallest absolute Gasteiger partial charge is 0.273 e. The van der Waals surface area contributed by atoms with Gasteiger partial charge in [0.05, 0.1) is 42.7 Å². The number of morpholine rings is 1. The number of carbonyl (C=O) groups is 1. The number of nitrogens with one attached hydrogen (secondary N) is 1. The monoisotopic (exact) mass is 429 g/mol. The quantitative estimate of drug-likeness (QED) is 0.503. The molecule has 1 N–H and O–H groups in total. The topological polar surface area (TPSA) is 103 Å². The number of nitro benzene ring substituents is 1. The third kappa shape index (κ3) is 5.05. The summed E-state index contributed by atoms with van der Waals surface area (Å²) in [4.78, 5) is 25.8. The van der Waals surface area contributed by atoms with Gasteiger partial charge in [-0.25, -0.2) is 0 Å². The minimum Gasteiger partial charge on any atom is -0.492 e. The van der Waals surface area contributed by atoms with Gasteiger partial charge in [-0.2, -0.15) is 0 Å².